The lowest BCUT2D eigenvalue weighted by Crippen LogP contribution is -2.30. The van der Waals surface area contributed by atoms with Gasteiger partial charge in [-0.25, -0.2) is 4.57 Å². The highest BCUT2D eigenvalue weighted by atomic mass is 16.5. The van der Waals surface area contributed by atoms with Crippen molar-refractivity contribution in [2.75, 3.05) is 6.61 Å². The Morgan fingerprint density at radius 2 is 1.63 bits per heavy atom. The number of furan rings is 1. The van der Waals surface area contributed by atoms with E-state index >= 15 is 0 Å². The summed E-state index contributed by atoms with van der Waals surface area (Å²) in [5.74, 6) is 0.994. The van der Waals surface area contributed by atoms with Crippen LogP contribution in [0, 0.1) is 6.92 Å². The maximum Gasteiger partial charge on any atom is 0.216 e. The number of nitrogens with zero attached hydrogens (tertiary/aromatic N) is 1. The molecule has 0 radical (unpaired) electrons. The normalized spacial score (nSPS) is 13.0. The van der Waals surface area contributed by atoms with Crippen molar-refractivity contribution in [2.24, 2.45) is 7.05 Å². The van der Waals surface area contributed by atoms with Gasteiger partial charge >= 0.3 is 0 Å². The first-order valence-corrected chi connectivity index (χ1v) is 10.4. The molecule has 1 aliphatic heterocycles. The second-order valence-electron chi connectivity index (χ2n) is 8.00. The number of ether oxygens (including phenoxy) is 1. The molecule has 0 N–H and O–H groups in total. The van der Waals surface area contributed by atoms with Crippen molar-refractivity contribution in [3.63, 3.8) is 0 Å². The van der Waals surface area contributed by atoms with Gasteiger partial charge < -0.3 is 9.15 Å². The van der Waals surface area contributed by atoms with Gasteiger partial charge in [0.1, 0.15) is 24.0 Å². The van der Waals surface area contributed by atoms with Gasteiger partial charge in [0, 0.05) is 40.5 Å². The minimum atomic E-state index is 0.746. The number of rotatable bonds is 2. The van der Waals surface area contributed by atoms with Crippen LogP contribution in [0.5, 0.6) is 5.75 Å². The molecule has 0 spiro atoms. The summed E-state index contributed by atoms with van der Waals surface area (Å²) in [7, 11) is 2.08. The van der Waals surface area contributed by atoms with Gasteiger partial charge in [0.25, 0.3) is 0 Å². The van der Waals surface area contributed by atoms with Crippen molar-refractivity contribution >= 4 is 21.9 Å². The van der Waals surface area contributed by atoms with E-state index in [9.17, 15) is 0 Å². The van der Waals surface area contributed by atoms with Crippen LogP contribution < -0.4 is 9.30 Å². The van der Waals surface area contributed by atoms with Crippen molar-refractivity contribution in [2.45, 2.75) is 13.3 Å². The highest BCUT2D eigenvalue weighted by molar-refractivity contribution is 6.13. The van der Waals surface area contributed by atoms with E-state index in [0.29, 0.717) is 0 Å². The first-order valence-electron chi connectivity index (χ1n) is 10.4. The predicted octanol–water partition coefficient (Wildman–Crippen LogP) is 5.99. The minimum Gasteiger partial charge on any atom is -0.493 e. The number of pyridine rings is 1. The van der Waals surface area contributed by atoms with E-state index < -0.39 is 0 Å². The van der Waals surface area contributed by atoms with Crippen molar-refractivity contribution in [3.8, 4) is 28.1 Å². The van der Waals surface area contributed by atoms with Gasteiger partial charge in [-0.15, -0.1) is 0 Å². The van der Waals surface area contributed by atoms with Crippen LogP contribution in [0.4, 0.5) is 0 Å². The van der Waals surface area contributed by atoms with Gasteiger partial charge in [-0.05, 0) is 30.2 Å². The third-order valence-corrected chi connectivity index (χ3v) is 6.22. The highest BCUT2D eigenvalue weighted by Gasteiger charge is 2.23. The Hall–Kier alpha value is -3.59. The molecule has 3 heterocycles. The number of benzene rings is 3. The van der Waals surface area contributed by atoms with E-state index in [0.717, 1.165) is 57.5 Å². The Morgan fingerprint density at radius 1 is 0.800 bits per heavy atom. The number of aromatic nitrogens is 1. The van der Waals surface area contributed by atoms with E-state index in [1.807, 2.05) is 6.07 Å². The molecule has 3 heteroatoms. The maximum atomic E-state index is 6.67. The number of para-hydroxylation sites is 1. The molecule has 1 aliphatic rings. The molecule has 146 valence electrons. The fraction of sp³-hybridized carbons (Fsp3) is 0.148. The SMILES string of the molecule is Cc1ccc2c(oc3c(-c4cccc5c4CCO5)cccc32)c1-c1cccc[n+]1C. The molecule has 0 saturated heterocycles. The quantitative estimate of drug-likeness (QED) is 0.345. The molecule has 30 heavy (non-hydrogen) atoms. The zero-order valence-corrected chi connectivity index (χ0v) is 17.1. The van der Waals surface area contributed by atoms with Crippen LogP contribution in [-0.2, 0) is 13.5 Å². The molecule has 0 unspecified atom stereocenters. The number of hydrogen-bond acceptors (Lipinski definition) is 2. The van der Waals surface area contributed by atoms with Gasteiger partial charge in [-0.1, -0.05) is 42.5 Å². The summed E-state index contributed by atoms with van der Waals surface area (Å²) in [4.78, 5) is 0. The van der Waals surface area contributed by atoms with Crippen molar-refractivity contribution in [1.29, 1.82) is 0 Å². The van der Waals surface area contributed by atoms with E-state index in [2.05, 4.69) is 85.4 Å². The van der Waals surface area contributed by atoms with Gasteiger partial charge in [-0.3, -0.25) is 0 Å². The Bertz CT molecular complexity index is 1440. The summed E-state index contributed by atoms with van der Waals surface area (Å²) in [6, 6.07) is 23.4. The third-order valence-electron chi connectivity index (χ3n) is 6.22. The van der Waals surface area contributed by atoms with Crippen LogP contribution in [0.25, 0.3) is 44.3 Å². The zero-order chi connectivity index (χ0) is 20.2. The van der Waals surface area contributed by atoms with E-state index in [-0.39, 0.29) is 0 Å². The lowest BCUT2D eigenvalue weighted by molar-refractivity contribution is -0.660. The van der Waals surface area contributed by atoms with Crippen LogP contribution in [0.15, 0.2) is 77.3 Å². The predicted molar refractivity (Wildman–Crippen MR) is 120 cm³/mol. The topological polar surface area (TPSA) is 26.2 Å². The molecule has 3 aromatic carbocycles. The summed E-state index contributed by atoms with van der Waals surface area (Å²) in [6.45, 7) is 2.90. The Morgan fingerprint density at radius 3 is 2.53 bits per heavy atom. The van der Waals surface area contributed by atoms with Crippen molar-refractivity contribution in [1.82, 2.24) is 0 Å². The van der Waals surface area contributed by atoms with E-state index in [4.69, 9.17) is 9.15 Å². The molecule has 0 bridgehead atoms. The maximum absolute atomic E-state index is 6.67. The number of aryl methyl sites for hydroxylation is 2. The zero-order valence-electron chi connectivity index (χ0n) is 17.1. The van der Waals surface area contributed by atoms with Gasteiger partial charge in [-0.2, -0.15) is 0 Å². The standard InChI is InChI=1S/C27H22NO2/c1-17-12-13-22-21-9-5-8-20(18-7-6-11-24-19(18)14-16-29-24)26(21)30-27(22)25(17)23-10-3-4-15-28(23)2/h3-13,15H,14,16H2,1-2H3/q+1. The molecule has 0 aliphatic carbocycles. The number of hydrogen-bond donors (Lipinski definition) is 0. The molecule has 0 fully saturated rings. The van der Waals surface area contributed by atoms with E-state index in [1.54, 1.807) is 0 Å². The summed E-state index contributed by atoms with van der Waals surface area (Å²) >= 11 is 0. The summed E-state index contributed by atoms with van der Waals surface area (Å²) < 4.78 is 14.6. The average Bonchev–Trinajstić information content (AvgIpc) is 3.38. The molecular weight excluding hydrogens is 370 g/mol. The average molecular weight is 392 g/mol. The van der Waals surface area contributed by atoms with Gasteiger partial charge in [0.2, 0.25) is 5.69 Å². The second kappa shape index (κ2) is 6.46. The fourth-order valence-corrected chi connectivity index (χ4v) is 4.75. The molecule has 6 rings (SSSR count). The second-order valence-corrected chi connectivity index (χ2v) is 8.00. The monoisotopic (exact) mass is 392 g/mol. The summed E-state index contributed by atoms with van der Waals surface area (Å²) in [5.41, 5.74) is 9.01. The molecule has 0 saturated carbocycles. The van der Waals surface area contributed by atoms with Crippen molar-refractivity contribution < 1.29 is 13.7 Å². The lowest BCUT2D eigenvalue weighted by Gasteiger charge is -2.07. The number of fused-ring (bicyclic) bond motifs is 4. The molecule has 2 aromatic heterocycles. The van der Waals surface area contributed by atoms with Crippen molar-refractivity contribution in [3.05, 3.63) is 84.1 Å². The Labute approximate surface area is 175 Å². The minimum absolute atomic E-state index is 0.746. The van der Waals surface area contributed by atoms with Crippen LogP contribution in [-0.4, -0.2) is 6.61 Å². The highest BCUT2D eigenvalue weighted by Crippen LogP contribution is 2.43. The van der Waals surface area contributed by atoms with Gasteiger partial charge in [0.05, 0.1) is 12.2 Å². The Balaban J connectivity index is 1.69. The molecule has 0 amide bonds. The molecule has 3 nitrogen and oxygen atoms in total. The Kier molecular flexibility index (Phi) is 3.72. The smallest absolute Gasteiger partial charge is 0.216 e. The summed E-state index contributed by atoms with van der Waals surface area (Å²) in [6.07, 6.45) is 3.02. The fourth-order valence-electron chi connectivity index (χ4n) is 4.75. The van der Waals surface area contributed by atoms with Crippen LogP contribution in [0.2, 0.25) is 0 Å². The van der Waals surface area contributed by atoms with Crippen LogP contribution >= 0.6 is 0 Å². The largest absolute Gasteiger partial charge is 0.493 e. The molecule has 5 aromatic rings. The third kappa shape index (κ3) is 2.42. The van der Waals surface area contributed by atoms with Gasteiger partial charge in [0.15, 0.2) is 6.20 Å². The van der Waals surface area contributed by atoms with Crippen LogP contribution in [0.3, 0.4) is 0 Å². The van der Waals surface area contributed by atoms with E-state index in [1.165, 1.54) is 16.7 Å². The first-order chi connectivity index (χ1) is 14.7. The summed E-state index contributed by atoms with van der Waals surface area (Å²) in [5, 5.41) is 2.30. The lowest BCUT2D eigenvalue weighted by atomic mass is 9.96. The first kappa shape index (κ1) is 17.3. The molecular formula is C27H22NO2+. The molecule has 0 atom stereocenters. The van der Waals surface area contributed by atoms with Crippen LogP contribution in [0.1, 0.15) is 11.1 Å².